The van der Waals surface area contributed by atoms with Crippen LogP contribution in [0.25, 0.3) is 0 Å². The molecule has 0 aliphatic heterocycles. The molecule has 0 radical (unpaired) electrons. The fourth-order valence-corrected chi connectivity index (χ4v) is 1.42. The highest BCUT2D eigenvalue weighted by molar-refractivity contribution is 5.92. The smallest absolute Gasteiger partial charge is 0.269 e. The minimum absolute atomic E-state index is 0.199. The highest BCUT2D eigenvalue weighted by atomic mass is 16.1. The minimum atomic E-state index is -0.199. The van der Waals surface area contributed by atoms with Crippen LogP contribution in [0.2, 0.25) is 0 Å². The van der Waals surface area contributed by atoms with E-state index < -0.39 is 0 Å². The van der Waals surface area contributed by atoms with Gasteiger partial charge in [0.15, 0.2) is 0 Å². The number of rotatable bonds is 5. The van der Waals surface area contributed by atoms with Crippen LogP contribution in [0.3, 0.4) is 0 Å². The Morgan fingerprint density at radius 1 is 1.59 bits per heavy atom. The molecular formula is C10H14N6O. The predicted octanol–water partition coefficient (Wildman–Crippen LogP) is 0.00850. The molecule has 0 aliphatic rings. The molecule has 0 saturated heterocycles. The second-order valence-electron chi connectivity index (χ2n) is 3.59. The van der Waals surface area contributed by atoms with Crippen LogP contribution in [0.15, 0.2) is 24.5 Å². The number of aryl methyl sites for hydroxylation is 1. The fraction of sp³-hybridized carbons (Fsp3) is 0.300. The van der Waals surface area contributed by atoms with Gasteiger partial charge in [0, 0.05) is 31.5 Å². The Morgan fingerprint density at radius 3 is 3.12 bits per heavy atom. The van der Waals surface area contributed by atoms with Crippen molar-refractivity contribution >= 4 is 11.7 Å². The molecule has 0 atom stereocenters. The van der Waals surface area contributed by atoms with Crippen molar-refractivity contribution in [3.8, 4) is 0 Å². The summed E-state index contributed by atoms with van der Waals surface area (Å²) in [5.41, 5.74) is 5.78. The Balaban J connectivity index is 1.70. The van der Waals surface area contributed by atoms with Gasteiger partial charge >= 0.3 is 0 Å². The third-order valence-electron chi connectivity index (χ3n) is 2.25. The van der Waals surface area contributed by atoms with E-state index in [-0.39, 0.29) is 5.91 Å². The van der Waals surface area contributed by atoms with Crippen LogP contribution in [0.4, 0.5) is 5.82 Å². The molecule has 0 aromatic carbocycles. The lowest BCUT2D eigenvalue weighted by Gasteiger charge is -2.03. The van der Waals surface area contributed by atoms with E-state index in [2.05, 4.69) is 20.6 Å². The average molecular weight is 234 g/mol. The zero-order valence-corrected chi connectivity index (χ0v) is 9.26. The van der Waals surface area contributed by atoms with Crippen molar-refractivity contribution in [3.63, 3.8) is 0 Å². The lowest BCUT2D eigenvalue weighted by Crippen LogP contribution is -2.25. The van der Waals surface area contributed by atoms with Crippen LogP contribution in [0.5, 0.6) is 0 Å². The second-order valence-corrected chi connectivity index (χ2v) is 3.59. The van der Waals surface area contributed by atoms with Crippen molar-refractivity contribution in [3.05, 3.63) is 30.2 Å². The van der Waals surface area contributed by atoms with Gasteiger partial charge in [0.1, 0.15) is 11.5 Å². The molecule has 0 aliphatic carbocycles. The summed E-state index contributed by atoms with van der Waals surface area (Å²) in [6.07, 6.45) is 4.43. The molecule has 7 heteroatoms. The maximum absolute atomic E-state index is 11.6. The van der Waals surface area contributed by atoms with Crippen molar-refractivity contribution < 1.29 is 4.79 Å². The quantitative estimate of drug-likeness (QED) is 0.634. The Kier molecular flexibility index (Phi) is 3.39. The first-order valence-corrected chi connectivity index (χ1v) is 5.32. The molecule has 17 heavy (non-hydrogen) atoms. The van der Waals surface area contributed by atoms with E-state index in [4.69, 9.17) is 5.73 Å². The largest absolute Gasteiger partial charge is 0.382 e. The SMILES string of the molecule is Nc1cc(C(=O)NCCCn2cccn2)[nH]n1. The van der Waals surface area contributed by atoms with Gasteiger partial charge in [-0.1, -0.05) is 0 Å². The molecule has 0 spiro atoms. The zero-order chi connectivity index (χ0) is 12.1. The summed E-state index contributed by atoms with van der Waals surface area (Å²) in [6.45, 7) is 1.36. The number of aromatic amines is 1. The van der Waals surface area contributed by atoms with Crippen molar-refractivity contribution in [2.24, 2.45) is 0 Å². The molecule has 0 saturated carbocycles. The fourth-order valence-electron chi connectivity index (χ4n) is 1.42. The van der Waals surface area contributed by atoms with Crippen molar-refractivity contribution in [1.82, 2.24) is 25.3 Å². The van der Waals surface area contributed by atoms with E-state index in [1.807, 2.05) is 16.9 Å². The van der Waals surface area contributed by atoms with Crippen LogP contribution in [0, 0.1) is 0 Å². The van der Waals surface area contributed by atoms with Gasteiger partial charge in [-0.25, -0.2) is 0 Å². The number of nitrogens with two attached hydrogens (primary N) is 1. The number of carbonyl (C=O) groups is 1. The molecular weight excluding hydrogens is 220 g/mol. The summed E-state index contributed by atoms with van der Waals surface area (Å²) in [5, 5.41) is 13.1. The van der Waals surface area contributed by atoms with Crippen molar-refractivity contribution in [2.75, 3.05) is 12.3 Å². The van der Waals surface area contributed by atoms with Crippen LogP contribution in [-0.4, -0.2) is 32.4 Å². The van der Waals surface area contributed by atoms with Gasteiger partial charge in [-0.15, -0.1) is 0 Å². The van der Waals surface area contributed by atoms with Gasteiger partial charge in [-0.05, 0) is 12.5 Å². The summed E-state index contributed by atoms with van der Waals surface area (Å²) in [6, 6.07) is 3.37. The molecule has 2 rings (SSSR count). The normalized spacial score (nSPS) is 10.4. The number of amides is 1. The lowest BCUT2D eigenvalue weighted by molar-refractivity contribution is 0.0947. The summed E-state index contributed by atoms with van der Waals surface area (Å²) in [7, 11) is 0. The molecule has 4 N–H and O–H groups in total. The Bertz CT molecular complexity index is 475. The first-order valence-electron chi connectivity index (χ1n) is 5.32. The zero-order valence-electron chi connectivity index (χ0n) is 9.26. The van der Waals surface area contributed by atoms with E-state index in [1.54, 1.807) is 6.20 Å². The predicted molar refractivity (Wildman–Crippen MR) is 62.2 cm³/mol. The molecule has 0 bridgehead atoms. The van der Waals surface area contributed by atoms with Gasteiger partial charge in [-0.3, -0.25) is 14.6 Å². The second kappa shape index (κ2) is 5.15. The average Bonchev–Trinajstić information content (AvgIpc) is 2.95. The standard InChI is InChI=1S/C10H14N6O/c11-9-7-8(14-15-9)10(17)12-3-1-5-16-6-2-4-13-16/h2,4,6-7H,1,3,5H2,(H,12,17)(H3,11,14,15). The minimum Gasteiger partial charge on any atom is -0.382 e. The number of hydrogen-bond acceptors (Lipinski definition) is 4. The summed E-state index contributed by atoms with van der Waals surface area (Å²) in [4.78, 5) is 11.6. The Morgan fingerprint density at radius 2 is 2.47 bits per heavy atom. The maximum atomic E-state index is 11.6. The van der Waals surface area contributed by atoms with Gasteiger partial charge in [0.2, 0.25) is 0 Å². The first kappa shape index (κ1) is 11.2. The molecule has 1 amide bonds. The summed E-state index contributed by atoms with van der Waals surface area (Å²) >= 11 is 0. The molecule has 2 aromatic heterocycles. The Hall–Kier alpha value is -2.31. The van der Waals surface area contributed by atoms with Crippen LogP contribution < -0.4 is 11.1 Å². The number of carbonyl (C=O) groups excluding carboxylic acids is 1. The molecule has 90 valence electrons. The number of H-pyrrole nitrogens is 1. The van der Waals surface area contributed by atoms with Crippen LogP contribution in [-0.2, 0) is 6.54 Å². The number of aromatic nitrogens is 4. The third-order valence-corrected chi connectivity index (χ3v) is 2.25. The third kappa shape index (κ3) is 3.07. The van der Waals surface area contributed by atoms with Gasteiger partial charge in [0.25, 0.3) is 5.91 Å². The molecule has 2 heterocycles. The topological polar surface area (TPSA) is 102 Å². The van der Waals surface area contributed by atoms with Gasteiger partial charge in [0.05, 0.1) is 0 Å². The number of hydrogen-bond donors (Lipinski definition) is 3. The molecule has 0 fully saturated rings. The molecule has 7 nitrogen and oxygen atoms in total. The molecule has 0 unspecified atom stereocenters. The number of anilines is 1. The van der Waals surface area contributed by atoms with Crippen molar-refractivity contribution in [2.45, 2.75) is 13.0 Å². The maximum Gasteiger partial charge on any atom is 0.269 e. The van der Waals surface area contributed by atoms with Crippen LogP contribution >= 0.6 is 0 Å². The van der Waals surface area contributed by atoms with E-state index in [0.717, 1.165) is 13.0 Å². The number of nitrogens with zero attached hydrogens (tertiary/aromatic N) is 3. The lowest BCUT2D eigenvalue weighted by atomic mass is 10.3. The summed E-state index contributed by atoms with van der Waals surface area (Å²) < 4.78 is 1.82. The number of nitrogens with one attached hydrogen (secondary N) is 2. The van der Waals surface area contributed by atoms with Gasteiger partial charge in [-0.2, -0.15) is 10.2 Å². The molecule has 2 aromatic rings. The van der Waals surface area contributed by atoms with Crippen molar-refractivity contribution in [1.29, 1.82) is 0 Å². The van der Waals surface area contributed by atoms with Crippen LogP contribution in [0.1, 0.15) is 16.9 Å². The number of nitrogen functional groups attached to an aromatic ring is 1. The van der Waals surface area contributed by atoms with E-state index >= 15 is 0 Å². The Labute approximate surface area is 98.0 Å². The highest BCUT2D eigenvalue weighted by Crippen LogP contribution is 1.99. The highest BCUT2D eigenvalue weighted by Gasteiger charge is 2.07. The summed E-state index contributed by atoms with van der Waals surface area (Å²) in [5.74, 6) is 0.112. The van der Waals surface area contributed by atoms with E-state index in [9.17, 15) is 4.79 Å². The first-order chi connectivity index (χ1) is 8.25. The monoisotopic (exact) mass is 234 g/mol. The van der Waals surface area contributed by atoms with E-state index in [0.29, 0.717) is 18.1 Å². The van der Waals surface area contributed by atoms with E-state index in [1.165, 1.54) is 6.07 Å². The van der Waals surface area contributed by atoms with Gasteiger partial charge < -0.3 is 11.1 Å².